The zero-order valence-electron chi connectivity index (χ0n) is 17.7. The van der Waals surface area contributed by atoms with E-state index in [0.717, 1.165) is 23.0 Å². The first-order chi connectivity index (χ1) is 15.2. The van der Waals surface area contributed by atoms with E-state index in [1.807, 2.05) is 18.5 Å². The monoisotopic (exact) mass is 443 g/mol. The van der Waals surface area contributed by atoms with Crippen LogP contribution in [0.5, 0.6) is 0 Å². The van der Waals surface area contributed by atoms with Crippen molar-refractivity contribution in [1.82, 2.24) is 19.7 Å². The summed E-state index contributed by atoms with van der Waals surface area (Å²) in [6.45, 7) is 4.74. The van der Waals surface area contributed by atoms with Crippen LogP contribution in [-0.2, 0) is 4.74 Å². The fourth-order valence-electron chi connectivity index (χ4n) is 3.88. The number of pyridine rings is 1. The number of carbonyl (C=O) groups excluding carboxylic acids is 2. The van der Waals surface area contributed by atoms with Gasteiger partial charge in [0, 0.05) is 24.0 Å². The summed E-state index contributed by atoms with van der Waals surface area (Å²) in [4.78, 5) is 29.3. The number of aromatic nitrogens is 3. The number of hydrogen-bond acceptors (Lipinski definition) is 5. The van der Waals surface area contributed by atoms with Crippen LogP contribution < -0.4 is 5.73 Å². The van der Waals surface area contributed by atoms with Crippen LogP contribution in [0.1, 0.15) is 43.1 Å². The SMILES string of the molecule is CC(C)OC(=O)N1CCC(n2ncc3cc(-c4cc(F)c(C(N)=O)cc4F)ncc32)CC1. The molecule has 0 radical (unpaired) electrons. The molecule has 1 saturated heterocycles. The van der Waals surface area contributed by atoms with Crippen molar-refractivity contribution in [1.29, 1.82) is 0 Å². The van der Waals surface area contributed by atoms with Gasteiger partial charge in [-0.2, -0.15) is 5.10 Å². The highest BCUT2D eigenvalue weighted by Gasteiger charge is 2.26. The van der Waals surface area contributed by atoms with Gasteiger partial charge >= 0.3 is 6.09 Å². The molecule has 2 amide bonds. The van der Waals surface area contributed by atoms with Gasteiger partial charge in [-0.05, 0) is 44.9 Å². The van der Waals surface area contributed by atoms with Crippen molar-refractivity contribution in [2.45, 2.75) is 38.8 Å². The summed E-state index contributed by atoms with van der Waals surface area (Å²) in [7, 11) is 0. The molecule has 1 aromatic carbocycles. The topological polar surface area (TPSA) is 103 Å². The fraction of sp³-hybridized carbons (Fsp3) is 0.364. The number of primary amides is 1. The first-order valence-corrected chi connectivity index (χ1v) is 10.3. The molecule has 8 nitrogen and oxygen atoms in total. The number of hydrogen-bond donors (Lipinski definition) is 1. The standard InChI is InChI=1S/C22H23F2N5O3/c1-12(2)32-22(31)28-5-3-14(4-6-28)29-20-11-26-19(7-13(20)10-27-29)15-8-18(24)16(21(25)30)9-17(15)23/h7-12,14H,3-6H2,1-2H3,(H2,25,30). The van der Waals surface area contributed by atoms with Crippen molar-refractivity contribution in [3.63, 3.8) is 0 Å². The predicted molar refractivity (Wildman–Crippen MR) is 113 cm³/mol. The van der Waals surface area contributed by atoms with Crippen LogP contribution in [0.15, 0.2) is 30.6 Å². The van der Waals surface area contributed by atoms with Gasteiger partial charge in [-0.15, -0.1) is 0 Å². The summed E-state index contributed by atoms with van der Waals surface area (Å²) < 4.78 is 35.7. The second-order valence-corrected chi connectivity index (χ2v) is 8.04. The molecule has 168 valence electrons. The van der Waals surface area contributed by atoms with Gasteiger partial charge in [0.25, 0.3) is 5.91 Å². The number of nitrogens with two attached hydrogens (primary N) is 1. The van der Waals surface area contributed by atoms with E-state index in [2.05, 4.69) is 10.1 Å². The van der Waals surface area contributed by atoms with Crippen molar-refractivity contribution in [2.24, 2.45) is 5.73 Å². The number of rotatable bonds is 4. The Labute approximate surface area is 183 Å². The van der Waals surface area contributed by atoms with Gasteiger partial charge in [0.1, 0.15) is 11.6 Å². The van der Waals surface area contributed by atoms with Gasteiger partial charge in [-0.25, -0.2) is 13.6 Å². The first kappa shape index (κ1) is 21.7. The maximum atomic E-state index is 14.5. The third-order valence-corrected chi connectivity index (χ3v) is 5.49. The van der Waals surface area contributed by atoms with Gasteiger partial charge in [-0.1, -0.05) is 0 Å². The van der Waals surface area contributed by atoms with Crippen LogP contribution >= 0.6 is 0 Å². The Balaban J connectivity index is 1.55. The summed E-state index contributed by atoms with van der Waals surface area (Å²) in [5.41, 5.74) is 5.46. The van der Waals surface area contributed by atoms with E-state index < -0.39 is 23.1 Å². The predicted octanol–water partition coefficient (Wildman–Crippen LogP) is 3.66. The molecule has 0 unspecified atom stereocenters. The number of benzene rings is 1. The third-order valence-electron chi connectivity index (χ3n) is 5.49. The van der Waals surface area contributed by atoms with Crippen LogP contribution in [-0.4, -0.2) is 50.9 Å². The smallest absolute Gasteiger partial charge is 0.410 e. The lowest BCUT2D eigenvalue weighted by atomic mass is 10.0. The third kappa shape index (κ3) is 4.12. The Hall–Kier alpha value is -3.56. The number of ether oxygens (including phenoxy) is 1. The zero-order valence-corrected chi connectivity index (χ0v) is 17.7. The van der Waals surface area contributed by atoms with Gasteiger partial charge < -0.3 is 15.4 Å². The molecule has 0 aliphatic carbocycles. The van der Waals surface area contributed by atoms with Crippen LogP contribution in [0.3, 0.4) is 0 Å². The molecule has 0 bridgehead atoms. The lowest BCUT2D eigenvalue weighted by molar-refractivity contribution is 0.0656. The summed E-state index contributed by atoms with van der Waals surface area (Å²) in [6, 6.07) is 3.39. The van der Waals surface area contributed by atoms with Crippen molar-refractivity contribution in [3.8, 4) is 11.3 Å². The minimum Gasteiger partial charge on any atom is -0.447 e. The largest absolute Gasteiger partial charge is 0.447 e. The zero-order chi connectivity index (χ0) is 23.0. The lowest BCUT2D eigenvalue weighted by Gasteiger charge is -2.32. The normalized spacial score (nSPS) is 14.8. The first-order valence-electron chi connectivity index (χ1n) is 10.3. The van der Waals surface area contributed by atoms with Gasteiger partial charge in [0.15, 0.2) is 0 Å². The molecule has 0 saturated carbocycles. The van der Waals surface area contributed by atoms with Crippen molar-refractivity contribution >= 4 is 22.9 Å². The van der Waals surface area contributed by atoms with E-state index in [1.54, 1.807) is 23.4 Å². The molecule has 3 aromatic rings. The number of nitrogens with zero attached hydrogens (tertiary/aromatic N) is 4. The van der Waals surface area contributed by atoms with E-state index in [0.29, 0.717) is 25.9 Å². The molecule has 1 aliphatic heterocycles. The van der Waals surface area contributed by atoms with Crippen LogP contribution in [0, 0.1) is 11.6 Å². The van der Waals surface area contributed by atoms with Crippen LogP contribution in [0.25, 0.3) is 22.2 Å². The Bertz CT molecular complexity index is 1190. The molecule has 2 aromatic heterocycles. The van der Waals surface area contributed by atoms with Crippen molar-refractivity contribution < 1.29 is 23.1 Å². The Morgan fingerprint density at radius 1 is 1.12 bits per heavy atom. The molecule has 10 heteroatoms. The minimum absolute atomic E-state index is 0.0703. The van der Waals surface area contributed by atoms with Gasteiger partial charge in [-0.3, -0.25) is 14.5 Å². The number of likely N-dealkylation sites (tertiary alicyclic amines) is 1. The number of piperidine rings is 1. The molecule has 1 fully saturated rings. The average molecular weight is 443 g/mol. The second kappa shape index (κ2) is 8.52. The lowest BCUT2D eigenvalue weighted by Crippen LogP contribution is -2.40. The van der Waals surface area contributed by atoms with Crippen molar-refractivity contribution in [3.05, 3.63) is 47.8 Å². The maximum Gasteiger partial charge on any atom is 0.410 e. The highest BCUT2D eigenvalue weighted by atomic mass is 19.1. The maximum absolute atomic E-state index is 14.5. The quantitative estimate of drug-likeness (QED) is 0.663. The summed E-state index contributed by atoms with van der Waals surface area (Å²) in [5.74, 6) is -2.74. The van der Waals surface area contributed by atoms with Gasteiger partial charge in [0.2, 0.25) is 0 Å². The van der Waals surface area contributed by atoms with E-state index in [9.17, 15) is 18.4 Å². The molecule has 2 N–H and O–H groups in total. The van der Waals surface area contributed by atoms with Crippen molar-refractivity contribution in [2.75, 3.05) is 13.1 Å². The molecule has 0 atom stereocenters. The van der Waals surface area contributed by atoms with E-state index in [4.69, 9.17) is 10.5 Å². The Morgan fingerprint density at radius 3 is 2.50 bits per heavy atom. The molecule has 3 heterocycles. The molecular formula is C22H23F2N5O3. The highest BCUT2D eigenvalue weighted by Crippen LogP contribution is 2.30. The molecular weight excluding hydrogens is 420 g/mol. The summed E-state index contributed by atoms with van der Waals surface area (Å²) in [5, 5.41) is 5.18. The minimum atomic E-state index is -1.04. The summed E-state index contributed by atoms with van der Waals surface area (Å²) >= 11 is 0. The molecule has 1 aliphatic rings. The Morgan fingerprint density at radius 2 is 1.84 bits per heavy atom. The second-order valence-electron chi connectivity index (χ2n) is 8.04. The van der Waals surface area contributed by atoms with E-state index in [1.165, 1.54) is 0 Å². The van der Waals surface area contributed by atoms with E-state index >= 15 is 0 Å². The molecule has 32 heavy (non-hydrogen) atoms. The molecule has 4 rings (SSSR count). The van der Waals surface area contributed by atoms with E-state index in [-0.39, 0.29) is 29.5 Å². The number of fused-ring (bicyclic) bond motifs is 1. The number of halogens is 2. The van der Waals surface area contributed by atoms with Crippen LogP contribution in [0.4, 0.5) is 13.6 Å². The molecule has 0 spiro atoms. The Kier molecular flexibility index (Phi) is 5.77. The van der Waals surface area contributed by atoms with Gasteiger partial charge in [0.05, 0.1) is 41.3 Å². The number of amides is 2. The van der Waals surface area contributed by atoms with Crippen LogP contribution in [0.2, 0.25) is 0 Å². The fourth-order valence-corrected chi connectivity index (χ4v) is 3.88. The highest BCUT2D eigenvalue weighted by molar-refractivity contribution is 5.93. The summed E-state index contributed by atoms with van der Waals surface area (Å²) in [6.07, 6.45) is 4.15. The number of carbonyl (C=O) groups is 2. The average Bonchev–Trinajstić information content (AvgIpc) is 3.17.